The van der Waals surface area contributed by atoms with Gasteiger partial charge >= 0.3 is 5.97 Å². The van der Waals surface area contributed by atoms with Gasteiger partial charge in [-0.05, 0) is 37.7 Å². The number of esters is 1. The monoisotopic (exact) mass is 287 g/mol. The standard InChI is InChI=1S/C17H21NO3/c1-21-15(19)14-9-5-6-12-18(14)16(20)17(10-11-17)13-7-3-2-4-8-13/h2-4,7-8,14H,5-6,9-12H2,1H3/t14-/m1/s1. The van der Waals surface area contributed by atoms with E-state index in [9.17, 15) is 9.59 Å². The topological polar surface area (TPSA) is 46.6 Å². The molecule has 3 rings (SSSR count). The minimum absolute atomic E-state index is 0.101. The fraction of sp³-hybridized carbons (Fsp3) is 0.529. The summed E-state index contributed by atoms with van der Waals surface area (Å²) in [5.41, 5.74) is 0.675. The first-order valence-corrected chi connectivity index (χ1v) is 7.63. The molecule has 0 aromatic heterocycles. The van der Waals surface area contributed by atoms with Gasteiger partial charge in [-0.1, -0.05) is 30.3 Å². The zero-order valence-corrected chi connectivity index (χ0v) is 12.4. The molecule has 1 aromatic rings. The lowest BCUT2D eigenvalue weighted by molar-refractivity contribution is -0.155. The first-order valence-electron chi connectivity index (χ1n) is 7.63. The Morgan fingerprint density at radius 3 is 2.52 bits per heavy atom. The molecule has 0 spiro atoms. The van der Waals surface area contributed by atoms with Gasteiger partial charge in [-0.25, -0.2) is 4.79 Å². The van der Waals surface area contributed by atoms with E-state index in [1.807, 2.05) is 30.3 Å². The number of amides is 1. The molecule has 0 N–H and O–H groups in total. The molecule has 1 amide bonds. The van der Waals surface area contributed by atoms with Crippen molar-refractivity contribution in [3.05, 3.63) is 35.9 Å². The van der Waals surface area contributed by atoms with Gasteiger partial charge in [0.1, 0.15) is 6.04 Å². The van der Waals surface area contributed by atoms with E-state index in [0.29, 0.717) is 13.0 Å². The van der Waals surface area contributed by atoms with Crippen LogP contribution in [-0.2, 0) is 19.7 Å². The van der Waals surface area contributed by atoms with Crippen molar-refractivity contribution >= 4 is 11.9 Å². The van der Waals surface area contributed by atoms with E-state index in [-0.39, 0.29) is 11.9 Å². The van der Waals surface area contributed by atoms with Crippen molar-refractivity contribution in [3.63, 3.8) is 0 Å². The molecule has 4 heteroatoms. The average molecular weight is 287 g/mol. The van der Waals surface area contributed by atoms with Crippen molar-refractivity contribution in [1.82, 2.24) is 4.90 Å². The Kier molecular flexibility index (Phi) is 3.70. The summed E-state index contributed by atoms with van der Waals surface area (Å²) in [6.45, 7) is 0.660. The van der Waals surface area contributed by atoms with Crippen LogP contribution in [0.15, 0.2) is 30.3 Å². The third kappa shape index (κ3) is 2.43. The zero-order valence-electron chi connectivity index (χ0n) is 12.4. The molecule has 1 saturated heterocycles. The second-order valence-corrected chi connectivity index (χ2v) is 5.98. The van der Waals surface area contributed by atoms with E-state index >= 15 is 0 Å². The SMILES string of the molecule is COC(=O)[C@H]1CCCCN1C(=O)C1(c2ccccc2)CC1. The molecule has 0 unspecified atom stereocenters. The number of nitrogens with zero attached hydrogens (tertiary/aromatic N) is 1. The molecular formula is C17H21NO3. The Hall–Kier alpha value is -1.84. The van der Waals surface area contributed by atoms with Gasteiger partial charge in [-0.2, -0.15) is 0 Å². The number of rotatable bonds is 3. The van der Waals surface area contributed by atoms with Crippen LogP contribution in [0.25, 0.3) is 0 Å². The quantitative estimate of drug-likeness (QED) is 0.801. The molecule has 1 aliphatic carbocycles. The Morgan fingerprint density at radius 2 is 1.90 bits per heavy atom. The van der Waals surface area contributed by atoms with Crippen LogP contribution in [0, 0.1) is 0 Å². The maximum absolute atomic E-state index is 13.0. The maximum atomic E-state index is 13.0. The predicted molar refractivity (Wildman–Crippen MR) is 78.7 cm³/mol. The van der Waals surface area contributed by atoms with E-state index in [1.165, 1.54) is 7.11 Å². The number of carbonyl (C=O) groups excluding carboxylic acids is 2. The number of hydrogen-bond donors (Lipinski definition) is 0. The molecule has 0 bridgehead atoms. The van der Waals surface area contributed by atoms with Crippen molar-refractivity contribution in [2.45, 2.75) is 43.6 Å². The zero-order chi connectivity index (χ0) is 14.9. The van der Waals surface area contributed by atoms with Crippen LogP contribution in [0.5, 0.6) is 0 Å². The summed E-state index contributed by atoms with van der Waals surface area (Å²) < 4.78 is 4.88. The summed E-state index contributed by atoms with van der Waals surface area (Å²) in [7, 11) is 1.39. The van der Waals surface area contributed by atoms with Crippen molar-refractivity contribution in [1.29, 1.82) is 0 Å². The van der Waals surface area contributed by atoms with Crippen LogP contribution < -0.4 is 0 Å². The number of hydrogen-bond acceptors (Lipinski definition) is 3. The molecule has 1 saturated carbocycles. The van der Waals surface area contributed by atoms with E-state index in [1.54, 1.807) is 4.90 Å². The fourth-order valence-corrected chi connectivity index (χ4v) is 3.34. The summed E-state index contributed by atoms with van der Waals surface area (Å²) in [6, 6.07) is 9.52. The number of ether oxygens (including phenoxy) is 1. The van der Waals surface area contributed by atoms with E-state index in [0.717, 1.165) is 31.2 Å². The second-order valence-electron chi connectivity index (χ2n) is 5.98. The largest absolute Gasteiger partial charge is 0.467 e. The minimum atomic E-state index is -0.405. The van der Waals surface area contributed by atoms with Crippen LogP contribution >= 0.6 is 0 Å². The lowest BCUT2D eigenvalue weighted by Gasteiger charge is -2.36. The number of methoxy groups -OCH3 is 1. The summed E-state index contributed by atoms with van der Waals surface area (Å²) in [5.74, 6) is -0.185. The summed E-state index contributed by atoms with van der Waals surface area (Å²) in [4.78, 5) is 26.7. The van der Waals surface area contributed by atoms with Gasteiger partial charge in [-0.15, -0.1) is 0 Å². The summed E-state index contributed by atoms with van der Waals surface area (Å²) in [6.07, 6.45) is 4.40. The molecule has 2 aliphatic rings. The molecule has 1 aromatic carbocycles. The lowest BCUT2D eigenvalue weighted by atomic mass is 9.91. The normalized spacial score (nSPS) is 23.5. The van der Waals surface area contributed by atoms with Gasteiger partial charge < -0.3 is 9.64 Å². The Labute approximate surface area is 125 Å². The number of piperidine rings is 1. The molecule has 1 atom stereocenters. The van der Waals surface area contributed by atoms with Gasteiger partial charge in [-0.3, -0.25) is 4.79 Å². The minimum Gasteiger partial charge on any atom is -0.467 e. The van der Waals surface area contributed by atoms with Crippen molar-refractivity contribution in [3.8, 4) is 0 Å². The van der Waals surface area contributed by atoms with Crippen LogP contribution in [0.3, 0.4) is 0 Å². The Balaban J connectivity index is 1.85. The van der Waals surface area contributed by atoms with Crippen molar-refractivity contribution in [2.75, 3.05) is 13.7 Å². The van der Waals surface area contributed by atoms with Crippen LogP contribution in [-0.4, -0.2) is 36.5 Å². The highest BCUT2D eigenvalue weighted by Crippen LogP contribution is 2.50. The average Bonchev–Trinajstić information content (AvgIpc) is 3.36. The third-order valence-electron chi connectivity index (χ3n) is 4.72. The highest BCUT2D eigenvalue weighted by atomic mass is 16.5. The third-order valence-corrected chi connectivity index (χ3v) is 4.72. The highest BCUT2D eigenvalue weighted by molar-refractivity contribution is 5.94. The van der Waals surface area contributed by atoms with E-state index in [2.05, 4.69) is 0 Å². The highest BCUT2D eigenvalue weighted by Gasteiger charge is 2.54. The van der Waals surface area contributed by atoms with Gasteiger partial charge in [0.2, 0.25) is 5.91 Å². The van der Waals surface area contributed by atoms with Crippen LogP contribution in [0.2, 0.25) is 0 Å². The molecule has 21 heavy (non-hydrogen) atoms. The van der Waals surface area contributed by atoms with Crippen LogP contribution in [0.1, 0.15) is 37.7 Å². The van der Waals surface area contributed by atoms with E-state index < -0.39 is 11.5 Å². The first kappa shape index (κ1) is 14.1. The number of carbonyl (C=O) groups is 2. The van der Waals surface area contributed by atoms with Gasteiger partial charge in [0, 0.05) is 6.54 Å². The molecule has 1 aliphatic heterocycles. The predicted octanol–water partition coefficient (Wildman–Crippen LogP) is 2.27. The maximum Gasteiger partial charge on any atom is 0.328 e. The van der Waals surface area contributed by atoms with E-state index in [4.69, 9.17) is 4.74 Å². The molecule has 2 fully saturated rings. The summed E-state index contributed by atoms with van der Waals surface area (Å²) >= 11 is 0. The molecule has 0 radical (unpaired) electrons. The Morgan fingerprint density at radius 1 is 1.19 bits per heavy atom. The molecule has 4 nitrogen and oxygen atoms in total. The number of benzene rings is 1. The lowest BCUT2D eigenvalue weighted by Crippen LogP contribution is -2.51. The van der Waals surface area contributed by atoms with Gasteiger partial charge in [0.25, 0.3) is 0 Å². The second kappa shape index (κ2) is 5.51. The van der Waals surface area contributed by atoms with Gasteiger partial charge in [0.15, 0.2) is 0 Å². The summed E-state index contributed by atoms with van der Waals surface area (Å²) in [5, 5.41) is 0. The number of likely N-dealkylation sites (tertiary alicyclic amines) is 1. The molecule has 112 valence electrons. The first-order chi connectivity index (χ1) is 10.2. The van der Waals surface area contributed by atoms with Crippen LogP contribution in [0.4, 0.5) is 0 Å². The Bertz CT molecular complexity index is 536. The smallest absolute Gasteiger partial charge is 0.328 e. The molecule has 1 heterocycles. The molecular weight excluding hydrogens is 266 g/mol. The van der Waals surface area contributed by atoms with Gasteiger partial charge in [0.05, 0.1) is 12.5 Å². The fourth-order valence-electron chi connectivity index (χ4n) is 3.34. The van der Waals surface area contributed by atoms with Crippen molar-refractivity contribution in [2.24, 2.45) is 0 Å². The van der Waals surface area contributed by atoms with Crippen molar-refractivity contribution < 1.29 is 14.3 Å².